The van der Waals surface area contributed by atoms with Gasteiger partial charge in [0, 0.05) is 32.7 Å². The van der Waals surface area contributed by atoms with Crippen LogP contribution in [0.5, 0.6) is 0 Å². The van der Waals surface area contributed by atoms with E-state index >= 15 is 0 Å². The lowest BCUT2D eigenvalue weighted by molar-refractivity contribution is 0.474. The van der Waals surface area contributed by atoms with Crippen LogP contribution in [0.2, 0.25) is 5.02 Å². The summed E-state index contributed by atoms with van der Waals surface area (Å²) < 4.78 is 1.87. The summed E-state index contributed by atoms with van der Waals surface area (Å²) in [5.41, 5.74) is 1.13. The highest BCUT2D eigenvalue weighted by Gasteiger charge is 2.08. The first kappa shape index (κ1) is 18.7. The summed E-state index contributed by atoms with van der Waals surface area (Å²) in [6.45, 7) is 1.29. The van der Waals surface area contributed by atoms with Crippen LogP contribution >= 0.6 is 35.6 Å². The van der Waals surface area contributed by atoms with Crippen LogP contribution in [-0.4, -0.2) is 39.7 Å². The van der Waals surface area contributed by atoms with Crippen LogP contribution in [-0.2, 0) is 20.1 Å². The Morgan fingerprint density at radius 2 is 2.23 bits per heavy atom. The molecule has 0 amide bonds. The number of nitrogens with zero attached hydrogens (tertiary/aromatic N) is 5. The third-order valence-corrected chi connectivity index (χ3v) is 3.33. The Morgan fingerprint density at radius 1 is 1.45 bits per heavy atom. The zero-order valence-corrected chi connectivity index (χ0v) is 15.9. The number of guanidine groups is 1. The summed E-state index contributed by atoms with van der Waals surface area (Å²) in [6, 6.07) is 7.81. The van der Waals surface area contributed by atoms with Crippen LogP contribution in [0.3, 0.4) is 0 Å². The molecule has 0 bridgehead atoms. The molecule has 0 aliphatic heterocycles. The van der Waals surface area contributed by atoms with Gasteiger partial charge in [0.1, 0.15) is 6.33 Å². The third kappa shape index (κ3) is 5.13. The van der Waals surface area contributed by atoms with Gasteiger partial charge >= 0.3 is 0 Å². The highest BCUT2D eigenvalue weighted by atomic mass is 127. The first-order valence-electron chi connectivity index (χ1n) is 6.59. The minimum Gasteiger partial charge on any atom is -0.349 e. The molecule has 0 radical (unpaired) electrons. The first-order valence-corrected chi connectivity index (χ1v) is 6.97. The van der Waals surface area contributed by atoms with Crippen molar-refractivity contribution in [2.24, 2.45) is 12.0 Å². The molecule has 0 aliphatic carbocycles. The number of hydrogen-bond donors (Lipinski definition) is 1. The standard InChI is InChI=1S/C14H19ClN6.HI/c1-16-14(17-8-13-19-18-10-21(13)3)20(2)9-11-5-4-6-12(15)7-11;/h4-7,10H,8-9H2,1-3H3,(H,16,17);1H. The molecule has 0 aliphatic rings. The Kier molecular flexibility index (Phi) is 7.60. The van der Waals surface area contributed by atoms with Crippen LogP contribution in [0.25, 0.3) is 0 Å². The van der Waals surface area contributed by atoms with E-state index in [1.807, 2.05) is 47.8 Å². The zero-order chi connectivity index (χ0) is 15.2. The van der Waals surface area contributed by atoms with Gasteiger partial charge in [-0.25, -0.2) is 0 Å². The Bertz CT molecular complexity index is 627. The monoisotopic (exact) mass is 434 g/mol. The van der Waals surface area contributed by atoms with Gasteiger partial charge in [-0.2, -0.15) is 0 Å². The Morgan fingerprint density at radius 3 is 2.82 bits per heavy atom. The number of hydrogen-bond acceptors (Lipinski definition) is 3. The maximum absolute atomic E-state index is 6.01. The number of halogens is 2. The maximum atomic E-state index is 6.01. The second-order valence-corrected chi connectivity index (χ2v) is 5.18. The lowest BCUT2D eigenvalue weighted by Crippen LogP contribution is -2.38. The number of aryl methyl sites for hydroxylation is 1. The number of aliphatic imine (C=N–C) groups is 1. The van der Waals surface area contributed by atoms with Gasteiger partial charge in [-0.3, -0.25) is 4.99 Å². The zero-order valence-electron chi connectivity index (χ0n) is 12.8. The summed E-state index contributed by atoms with van der Waals surface area (Å²) in [4.78, 5) is 6.31. The molecule has 0 spiro atoms. The van der Waals surface area contributed by atoms with Crippen LogP contribution in [0.1, 0.15) is 11.4 Å². The number of benzene rings is 1. The van der Waals surface area contributed by atoms with Gasteiger partial charge in [-0.05, 0) is 17.7 Å². The summed E-state index contributed by atoms with van der Waals surface area (Å²) >= 11 is 6.01. The van der Waals surface area contributed by atoms with Gasteiger partial charge in [0.15, 0.2) is 11.8 Å². The largest absolute Gasteiger partial charge is 0.349 e. The molecule has 1 N–H and O–H groups in total. The number of nitrogens with one attached hydrogen (secondary N) is 1. The average Bonchev–Trinajstić information content (AvgIpc) is 2.85. The molecule has 1 aromatic heterocycles. The highest BCUT2D eigenvalue weighted by Crippen LogP contribution is 2.12. The highest BCUT2D eigenvalue weighted by molar-refractivity contribution is 14.0. The SMILES string of the molecule is CN=C(NCc1nncn1C)N(C)Cc1cccc(Cl)c1.I. The van der Waals surface area contributed by atoms with Gasteiger partial charge in [0.2, 0.25) is 0 Å². The molecule has 2 rings (SSSR count). The second kappa shape index (κ2) is 8.94. The van der Waals surface area contributed by atoms with Crippen LogP contribution in [0, 0.1) is 0 Å². The van der Waals surface area contributed by atoms with Crippen LogP contribution in [0.15, 0.2) is 35.6 Å². The average molecular weight is 435 g/mol. The minimum absolute atomic E-state index is 0. The van der Waals surface area contributed by atoms with Crippen LogP contribution in [0.4, 0.5) is 0 Å². The normalized spacial score (nSPS) is 11.0. The quantitative estimate of drug-likeness (QED) is 0.456. The fourth-order valence-electron chi connectivity index (χ4n) is 1.99. The van der Waals surface area contributed by atoms with E-state index in [-0.39, 0.29) is 24.0 Å². The van der Waals surface area contributed by atoms with E-state index in [9.17, 15) is 0 Å². The molecule has 22 heavy (non-hydrogen) atoms. The van der Waals surface area contributed by atoms with Crippen molar-refractivity contribution in [3.05, 3.63) is 47.0 Å². The summed E-state index contributed by atoms with van der Waals surface area (Å²) in [7, 11) is 5.65. The molecule has 0 saturated heterocycles. The molecular formula is C14H20ClIN6. The van der Waals surface area contributed by atoms with Crippen LogP contribution < -0.4 is 5.32 Å². The first-order chi connectivity index (χ1) is 10.1. The molecule has 120 valence electrons. The summed E-state index contributed by atoms with van der Waals surface area (Å²) in [6.07, 6.45) is 1.68. The van der Waals surface area contributed by atoms with Crippen molar-refractivity contribution in [1.29, 1.82) is 0 Å². The molecule has 6 nitrogen and oxygen atoms in total. The predicted octanol–water partition coefficient (Wildman–Crippen LogP) is 2.29. The molecule has 0 atom stereocenters. The van der Waals surface area contributed by atoms with E-state index in [2.05, 4.69) is 20.5 Å². The van der Waals surface area contributed by atoms with Crippen molar-refractivity contribution in [2.75, 3.05) is 14.1 Å². The van der Waals surface area contributed by atoms with E-state index in [1.165, 1.54) is 0 Å². The summed E-state index contributed by atoms with van der Waals surface area (Å²) in [5, 5.41) is 11.9. The second-order valence-electron chi connectivity index (χ2n) is 4.74. The van der Waals surface area contributed by atoms with Crippen molar-refractivity contribution in [1.82, 2.24) is 25.0 Å². The van der Waals surface area contributed by atoms with Gasteiger partial charge in [0.05, 0.1) is 6.54 Å². The van der Waals surface area contributed by atoms with Crippen molar-refractivity contribution >= 4 is 41.5 Å². The van der Waals surface area contributed by atoms with Crippen molar-refractivity contribution < 1.29 is 0 Å². The van der Waals surface area contributed by atoms with Crippen molar-refractivity contribution in [2.45, 2.75) is 13.1 Å². The molecule has 1 heterocycles. The fourth-order valence-corrected chi connectivity index (χ4v) is 2.21. The number of aromatic nitrogens is 3. The van der Waals surface area contributed by atoms with Gasteiger partial charge in [0.25, 0.3) is 0 Å². The molecule has 2 aromatic rings. The predicted molar refractivity (Wildman–Crippen MR) is 99.5 cm³/mol. The third-order valence-electron chi connectivity index (χ3n) is 3.09. The van der Waals surface area contributed by atoms with Crippen molar-refractivity contribution in [3.8, 4) is 0 Å². The smallest absolute Gasteiger partial charge is 0.194 e. The molecule has 0 fully saturated rings. The van der Waals surface area contributed by atoms with Gasteiger partial charge < -0.3 is 14.8 Å². The van der Waals surface area contributed by atoms with Gasteiger partial charge in [-0.1, -0.05) is 23.7 Å². The van der Waals surface area contributed by atoms with E-state index in [4.69, 9.17) is 11.6 Å². The molecule has 8 heteroatoms. The summed E-state index contributed by atoms with van der Waals surface area (Å²) in [5.74, 6) is 1.64. The Labute approximate surface area is 152 Å². The fraction of sp³-hybridized carbons (Fsp3) is 0.357. The lowest BCUT2D eigenvalue weighted by atomic mass is 10.2. The minimum atomic E-state index is 0. The lowest BCUT2D eigenvalue weighted by Gasteiger charge is -2.22. The maximum Gasteiger partial charge on any atom is 0.194 e. The van der Waals surface area contributed by atoms with Crippen molar-refractivity contribution in [3.63, 3.8) is 0 Å². The number of rotatable bonds is 4. The van der Waals surface area contributed by atoms with E-state index in [1.54, 1.807) is 13.4 Å². The van der Waals surface area contributed by atoms with Gasteiger partial charge in [-0.15, -0.1) is 34.2 Å². The molecule has 0 saturated carbocycles. The van der Waals surface area contributed by atoms with E-state index < -0.39 is 0 Å². The van der Waals surface area contributed by atoms with E-state index in [0.29, 0.717) is 6.54 Å². The molecular weight excluding hydrogens is 415 g/mol. The van der Waals surface area contributed by atoms with E-state index in [0.717, 1.165) is 28.9 Å². The Hall–Kier alpha value is -1.35. The molecule has 1 aromatic carbocycles. The Balaban J connectivity index is 0.00000242. The topological polar surface area (TPSA) is 58.3 Å². The molecule has 0 unspecified atom stereocenters.